The molecule has 20 heavy (non-hydrogen) atoms. The molecule has 2 heterocycles. The van der Waals surface area contributed by atoms with E-state index in [2.05, 4.69) is 55.0 Å². The number of aromatic nitrogens is 2. The summed E-state index contributed by atoms with van der Waals surface area (Å²) in [7, 11) is 1.94. The Morgan fingerprint density at radius 1 is 1.20 bits per heavy atom. The summed E-state index contributed by atoms with van der Waals surface area (Å²) in [5.41, 5.74) is 2.32. The Bertz CT molecular complexity index is 693. The lowest BCUT2D eigenvalue weighted by Gasteiger charge is -2.12. The van der Waals surface area contributed by atoms with Gasteiger partial charge in [0.15, 0.2) is 0 Å². The summed E-state index contributed by atoms with van der Waals surface area (Å²) in [5.74, 6) is 0. The molecule has 102 valence electrons. The van der Waals surface area contributed by atoms with Gasteiger partial charge in [0.25, 0.3) is 0 Å². The lowest BCUT2D eigenvalue weighted by atomic mass is 10.1. The number of benzene rings is 1. The van der Waals surface area contributed by atoms with E-state index in [1.54, 1.807) is 22.7 Å². The van der Waals surface area contributed by atoms with Gasteiger partial charge in [0, 0.05) is 10.9 Å². The zero-order valence-electron chi connectivity index (χ0n) is 10.7. The molecule has 0 aliphatic rings. The van der Waals surface area contributed by atoms with Gasteiger partial charge in [-0.1, -0.05) is 41.7 Å². The fourth-order valence-corrected chi connectivity index (χ4v) is 4.15. The normalized spacial score (nSPS) is 12.5. The summed E-state index contributed by atoms with van der Waals surface area (Å²) in [6, 6.07) is 12.5. The molecule has 1 aromatic carbocycles. The predicted octanol–water partition coefficient (Wildman–Crippen LogP) is 4.34. The zero-order chi connectivity index (χ0) is 13.9. The highest BCUT2D eigenvalue weighted by Crippen LogP contribution is 2.33. The SMILES string of the molecule is CNC(c1ccccc1)c1nnc(-c2csc(Br)c2)s1. The molecule has 3 nitrogen and oxygen atoms in total. The minimum atomic E-state index is 0.0875. The van der Waals surface area contributed by atoms with Crippen molar-refractivity contribution in [1.82, 2.24) is 15.5 Å². The van der Waals surface area contributed by atoms with E-state index in [1.165, 1.54) is 5.56 Å². The van der Waals surface area contributed by atoms with Crippen LogP contribution in [0.3, 0.4) is 0 Å². The maximum atomic E-state index is 4.34. The second-order valence-corrected chi connectivity index (χ2v) is 7.52. The number of hydrogen-bond donors (Lipinski definition) is 1. The number of thiophene rings is 1. The molecular formula is C14H12BrN3S2. The highest BCUT2D eigenvalue weighted by molar-refractivity contribution is 9.11. The van der Waals surface area contributed by atoms with Crippen LogP contribution in [-0.4, -0.2) is 17.2 Å². The van der Waals surface area contributed by atoms with Crippen molar-refractivity contribution in [3.05, 3.63) is 56.1 Å². The average Bonchev–Trinajstić information content (AvgIpc) is 3.10. The third-order valence-corrected chi connectivity index (χ3v) is 5.47. The summed E-state index contributed by atoms with van der Waals surface area (Å²) in [4.78, 5) is 0. The van der Waals surface area contributed by atoms with Crippen molar-refractivity contribution in [2.45, 2.75) is 6.04 Å². The molecule has 3 aromatic rings. The third kappa shape index (κ3) is 2.83. The van der Waals surface area contributed by atoms with Gasteiger partial charge < -0.3 is 5.32 Å². The van der Waals surface area contributed by atoms with E-state index in [0.29, 0.717) is 0 Å². The second kappa shape index (κ2) is 6.13. The first-order valence-corrected chi connectivity index (χ1v) is 8.57. The van der Waals surface area contributed by atoms with Crippen molar-refractivity contribution in [3.63, 3.8) is 0 Å². The Morgan fingerprint density at radius 2 is 2.00 bits per heavy atom. The molecule has 1 N–H and O–H groups in total. The molecule has 0 fully saturated rings. The first-order valence-electron chi connectivity index (χ1n) is 6.08. The highest BCUT2D eigenvalue weighted by Gasteiger charge is 2.17. The van der Waals surface area contributed by atoms with Gasteiger partial charge in [-0.05, 0) is 34.6 Å². The molecule has 0 saturated carbocycles. The van der Waals surface area contributed by atoms with E-state index in [-0.39, 0.29) is 6.04 Å². The summed E-state index contributed by atoms with van der Waals surface area (Å²) >= 11 is 6.77. The summed E-state index contributed by atoms with van der Waals surface area (Å²) < 4.78 is 1.11. The van der Waals surface area contributed by atoms with Crippen molar-refractivity contribution >= 4 is 38.6 Å². The topological polar surface area (TPSA) is 37.8 Å². The van der Waals surface area contributed by atoms with Crippen LogP contribution >= 0.6 is 38.6 Å². The van der Waals surface area contributed by atoms with E-state index in [1.807, 2.05) is 25.2 Å². The fourth-order valence-electron chi connectivity index (χ4n) is 1.97. The van der Waals surface area contributed by atoms with Crippen LogP contribution in [0, 0.1) is 0 Å². The molecule has 2 aromatic heterocycles. The molecule has 0 bridgehead atoms. The van der Waals surface area contributed by atoms with Gasteiger partial charge in [0.05, 0.1) is 9.83 Å². The van der Waals surface area contributed by atoms with Gasteiger partial charge in [-0.15, -0.1) is 21.5 Å². The minimum Gasteiger partial charge on any atom is -0.307 e. The van der Waals surface area contributed by atoms with Crippen LogP contribution < -0.4 is 5.32 Å². The van der Waals surface area contributed by atoms with Crippen molar-refractivity contribution in [2.24, 2.45) is 0 Å². The molecule has 0 aliphatic heterocycles. The smallest absolute Gasteiger partial charge is 0.148 e. The third-order valence-electron chi connectivity index (χ3n) is 2.92. The van der Waals surface area contributed by atoms with Crippen LogP contribution in [0.1, 0.15) is 16.6 Å². The van der Waals surface area contributed by atoms with Gasteiger partial charge in [-0.2, -0.15) is 0 Å². The van der Waals surface area contributed by atoms with Crippen LogP contribution in [0.15, 0.2) is 45.6 Å². The molecule has 0 amide bonds. The fraction of sp³-hybridized carbons (Fsp3) is 0.143. The highest BCUT2D eigenvalue weighted by atomic mass is 79.9. The molecule has 0 saturated heterocycles. The molecule has 1 unspecified atom stereocenters. The molecule has 0 radical (unpaired) electrons. The number of hydrogen-bond acceptors (Lipinski definition) is 5. The Hall–Kier alpha value is -1.08. The van der Waals surface area contributed by atoms with Crippen molar-refractivity contribution in [1.29, 1.82) is 0 Å². The molecule has 1 atom stereocenters. The molecule has 0 spiro atoms. The van der Waals surface area contributed by atoms with Crippen LogP contribution in [0.4, 0.5) is 0 Å². The van der Waals surface area contributed by atoms with E-state index in [4.69, 9.17) is 0 Å². The first kappa shape index (κ1) is 13.9. The van der Waals surface area contributed by atoms with Crippen molar-refractivity contribution in [2.75, 3.05) is 7.05 Å². The Morgan fingerprint density at radius 3 is 2.65 bits per heavy atom. The number of halogens is 1. The monoisotopic (exact) mass is 365 g/mol. The van der Waals surface area contributed by atoms with Crippen LogP contribution in [-0.2, 0) is 0 Å². The molecule has 3 rings (SSSR count). The zero-order valence-corrected chi connectivity index (χ0v) is 13.9. The lowest BCUT2D eigenvalue weighted by molar-refractivity contribution is 0.678. The van der Waals surface area contributed by atoms with E-state index >= 15 is 0 Å². The van der Waals surface area contributed by atoms with Crippen molar-refractivity contribution in [3.8, 4) is 10.6 Å². The standard InChI is InChI=1S/C14H12BrN3S2/c1-16-12(9-5-3-2-4-6-9)14-18-17-13(20-14)10-7-11(15)19-8-10/h2-8,12,16H,1H3. The van der Waals surface area contributed by atoms with Gasteiger partial charge >= 0.3 is 0 Å². The maximum absolute atomic E-state index is 4.34. The molecular weight excluding hydrogens is 354 g/mol. The van der Waals surface area contributed by atoms with Gasteiger partial charge in [-0.25, -0.2) is 0 Å². The summed E-state index contributed by atoms with van der Waals surface area (Å²) in [5, 5.41) is 16.0. The summed E-state index contributed by atoms with van der Waals surface area (Å²) in [6.45, 7) is 0. The average molecular weight is 366 g/mol. The minimum absolute atomic E-state index is 0.0875. The Balaban J connectivity index is 1.92. The summed E-state index contributed by atoms with van der Waals surface area (Å²) in [6.07, 6.45) is 0. The van der Waals surface area contributed by atoms with Crippen LogP contribution in [0.2, 0.25) is 0 Å². The van der Waals surface area contributed by atoms with E-state index in [9.17, 15) is 0 Å². The second-order valence-electron chi connectivity index (χ2n) is 4.22. The molecule has 6 heteroatoms. The van der Waals surface area contributed by atoms with Crippen LogP contribution in [0.5, 0.6) is 0 Å². The quantitative estimate of drug-likeness (QED) is 0.747. The lowest BCUT2D eigenvalue weighted by Crippen LogP contribution is -2.17. The van der Waals surface area contributed by atoms with E-state index < -0.39 is 0 Å². The maximum Gasteiger partial charge on any atom is 0.148 e. The van der Waals surface area contributed by atoms with Crippen molar-refractivity contribution < 1.29 is 0 Å². The number of nitrogens with zero attached hydrogens (tertiary/aromatic N) is 2. The predicted molar refractivity (Wildman–Crippen MR) is 88.3 cm³/mol. The van der Waals surface area contributed by atoms with E-state index in [0.717, 1.165) is 19.4 Å². The van der Waals surface area contributed by atoms with Gasteiger partial charge in [-0.3, -0.25) is 0 Å². The Labute approximate surface area is 133 Å². The first-order chi connectivity index (χ1) is 9.78. The largest absolute Gasteiger partial charge is 0.307 e. The van der Waals surface area contributed by atoms with Gasteiger partial charge in [0.2, 0.25) is 0 Å². The molecule has 0 aliphatic carbocycles. The van der Waals surface area contributed by atoms with Gasteiger partial charge in [0.1, 0.15) is 10.0 Å². The van der Waals surface area contributed by atoms with Crippen LogP contribution in [0.25, 0.3) is 10.6 Å². The number of nitrogens with one attached hydrogen (secondary N) is 1. The Kier molecular flexibility index (Phi) is 4.26. The number of rotatable bonds is 4.